The first kappa shape index (κ1) is 14.8. The van der Waals surface area contributed by atoms with Crippen LogP contribution in [0.4, 0.5) is 0 Å². The van der Waals surface area contributed by atoms with E-state index in [1.807, 2.05) is 31.2 Å². The summed E-state index contributed by atoms with van der Waals surface area (Å²) < 4.78 is 5.82. The van der Waals surface area contributed by atoms with Crippen molar-refractivity contribution in [2.45, 2.75) is 47.5 Å². The lowest BCUT2D eigenvalue weighted by Gasteiger charge is -2.26. The molecule has 2 heteroatoms. The predicted octanol–water partition coefficient (Wildman–Crippen LogP) is 5.25. The summed E-state index contributed by atoms with van der Waals surface area (Å²) in [7, 11) is 0. The van der Waals surface area contributed by atoms with Gasteiger partial charge >= 0.3 is 0 Å². The first-order valence-corrected chi connectivity index (χ1v) is 7.38. The molecule has 20 heavy (non-hydrogen) atoms. The zero-order valence-electron chi connectivity index (χ0n) is 13.1. The molecule has 1 aromatic carbocycles. The van der Waals surface area contributed by atoms with Gasteiger partial charge in [0.25, 0.3) is 0 Å². The van der Waals surface area contributed by atoms with Crippen LogP contribution in [0.25, 0.3) is 11.0 Å². The van der Waals surface area contributed by atoms with Crippen molar-refractivity contribution in [2.24, 2.45) is 11.3 Å². The molecular formula is C18H24O2. The zero-order chi connectivity index (χ0) is 14.9. The number of benzene rings is 1. The molecule has 2 aromatic rings. The van der Waals surface area contributed by atoms with E-state index in [0.29, 0.717) is 12.3 Å². The van der Waals surface area contributed by atoms with Crippen molar-refractivity contribution < 1.29 is 9.21 Å². The van der Waals surface area contributed by atoms with Gasteiger partial charge in [0, 0.05) is 18.2 Å². The average Bonchev–Trinajstić information content (AvgIpc) is 2.75. The molecule has 2 nitrogen and oxygen atoms in total. The van der Waals surface area contributed by atoms with Gasteiger partial charge in [-0.15, -0.1) is 0 Å². The number of Topliss-reactive ketones (excluding diaryl/α,β-unsaturated/α-hetero) is 1. The van der Waals surface area contributed by atoms with E-state index in [0.717, 1.165) is 28.7 Å². The SMILES string of the molecule is CCc1oc2ccccc2c1C(=O)CC(C)C(C)(C)C. The Labute approximate surface area is 121 Å². The molecule has 0 aliphatic heterocycles. The highest BCUT2D eigenvalue weighted by molar-refractivity contribution is 6.08. The molecule has 0 aliphatic rings. The average molecular weight is 272 g/mol. The molecule has 0 bridgehead atoms. The quantitative estimate of drug-likeness (QED) is 0.711. The van der Waals surface area contributed by atoms with Crippen molar-refractivity contribution in [1.29, 1.82) is 0 Å². The fraction of sp³-hybridized carbons (Fsp3) is 0.500. The number of ketones is 1. The first-order chi connectivity index (χ1) is 9.34. The molecule has 1 atom stereocenters. The third kappa shape index (κ3) is 2.79. The van der Waals surface area contributed by atoms with Crippen LogP contribution in [0.3, 0.4) is 0 Å². The Morgan fingerprint density at radius 1 is 1.25 bits per heavy atom. The van der Waals surface area contributed by atoms with Crippen molar-refractivity contribution in [3.63, 3.8) is 0 Å². The topological polar surface area (TPSA) is 30.2 Å². The van der Waals surface area contributed by atoms with E-state index in [4.69, 9.17) is 4.42 Å². The van der Waals surface area contributed by atoms with Crippen LogP contribution in [0.5, 0.6) is 0 Å². The molecule has 0 radical (unpaired) electrons. The molecule has 0 saturated heterocycles. The van der Waals surface area contributed by atoms with Crippen LogP contribution in [0.15, 0.2) is 28.7 Å². The van der Waals surface area contributed by atoms with Gasteiger partial charge in [0.15, 0.2) is 5.78 Å². The summed E-state index contributed by atoms with van der Waals surface area (Å²) in [4.78, 5) is 12.7. The summed E-state index contributed by atoms with van der Waals surface area (Å²) in [5, 5.41) is 0.954. The van der Waals surface area contributed by atoms with E-state index < -0.39 is 0 Å². The van der Waals surface area contributed by atoms with Gasteiger partial charge in [-0.2, -0.15) is 0 Å². The van der Waals surface area contributed by atoms with Gasteiger partial charge in [-0.3, -0.25) is 4.79 Å². The van der Waals surface area contributed by atoms with E-state index >= 15 is 0 Å². The van der Waals surface area contributed by atoms with Gasteiger partial charge < -0.3 is 4.42 Å². The summed E-state index contributed by atoms with van der Waals surface area (Å²) in [5.74, 6) is 1.36. The summed E-state index contributed by atoms with van der Waals surface area (Å²) >= 11 is 0. The molecule has 1 unspecified atom stereocenters. The number of furan rings is 1. The third-order valence-electron chi connectivity index (χ3n) is 4.24. The molecule has 108 valence electrons. The second-order valence-electron chi connectivity index (χ2n) is 6.64. The maximum absolute atomic E-state index is 12.7. The van der Waals surface area contributed by atoms with Crippen molar-refractivity contribution in [3.05, 3.63) is 35.6 Å². The highest BCUT2D eigenvalue weighted by Crippen LogP contribution is 2.32. The number of fused-ring (bicyclic) bond motifs is 1. The smallest absolute Gasteiger partial charge is 0.167 e. The zero-order valence-corrected chi connectivity index (χ0v) is 13.1. The number of para-hydroxylation sites is 1. The molecular weight excluding hydrogens is 248 g/mol. The van der Waals surface area contributed by atoms with Gasteiger partial charge in [-0.1, -0.05) is 52.8 Å². The summed E-state index contributed by atoms with van der Waals surface area (Å²) in [6, 6.07) is 7.81. The van der Waals surface area contributed by atoms with Gasteiger partial charge in [0.2, 0.25) is 0 Å². The molecule has 1 heterocycles. The maximum atomic E-state index is 12.7. The molecule has 0 amide bonds. The van der Waals surface area contributed by atoms with Crippen LogP contribution >= 0.6 is 0 Å². The lowest BCUT2D eigenvalue weighted by Crippen LogP contribution is -2.20. The molecule has 0 aliphatic carbocycles. The van der Waals surface area contributed by atoms with Crippen LogP contribution in [0.2, 0.25) is 0 Å². The van der Waals surface area contributed by atoms with E-state index in [1.54, 1.807) is 0 Å². The first-order valence-electron chi connectivity index (χ1n) is 7.38. The summed E-state index contributed by atoms with van der Waals surface area (Å²) in [5.41, 5.74) is 1.75. The Morgan fingerprint density at radius 2 is 1.90 bits per heavy atom. The van der Waals surface area contributed by atoms with Crippen molar-refractivity contribution in [2.75, 3.05) is 0 Å². The number of rotatable bonds is 4. The largest absolute Gasteiger partial charge is 0.460 e. The van der Waals surface area contributed by atoms with Crippen molar-refractivity contribution in [3.8, 4) is 0 Å². The lowest BCUT2D eigenvalue weighted by molar-refractivity contribution is 0.0926. The van der Waals surface area contributed by atoms with Crippen molar-refractivity contribution in [1.82, 2.24) is 0 Å². The van der Waals surface area contributed by atoms with E-state index in [-0.39, 0.29) is 11.2 Å². The van der Waals surface area contributed by atoms with E-state index in [2.05, 4.69) is 27.7 Å². The minimum absolute atomic E-state index is 0.140. The fourth-order valence-electron chi connectivity index (χ4n) is 2.34. The van der Waals surface area contributed by atoms with Gasteiger partial charge in [-0.25, -0.2) is 0 Å². The Kier molecular flexibility index (Phi) is 4.03. The number of aryl methyl sites for hydroxylation is 1. The number of hydrogen-bond donors (Lipinski definition) is 0. The standard InChI is InChI=1S/C18H24O2/c1-6-15-17(13-9-7-8-10-16(13)20-15)14(19)11-12(2)18(3,4)5/h7-10,12H,6,11H2,1-5H3. The van der Waals surface area contributed by atoms with Gasteiger partial charge in [0.05, 0.1) is 5.56 Å². The Balaban J connectivity index is 2.39. The highest BCUT2D eigenvalue weighted by atomic mass is 16.3. The van der Waals surface area contributed by atoms with Crippen LogP contribution in [0, 0.1) is 11.3 Å². The Bertz CT molecular complexity index is 614. The Hall–Kier alpha value is -1.57. The molecule has 2 rings (SSSR count). The van der Waals surface area contributed by atoms with Crippen LogP contribution in [0.1, 0.15) is 57.2 Å². The van der Waals surface area contributed by atoms with Gasteiger partial charge in [-0.05, 0) is 17.4 Å². The number of carbonyl (C=O) groups is 1. The summed E-state index contributed by atoms with van der Waals surface area (Å²) in [6.07, 6.45) is 1.32. The molecule has 0 N–H and O–H groups in total. The highest BCUT2D eigenvalue weighted by Gasteiger charge is 2.26. The van der Waals surface area contributed by atoms with Crippen LogP contribution < -0.4 is 0 Å². The maximum Gasteiger partial charge on any atom is 0.167 e. The number of carbonyl (C=O) groups excluding carboxylic acids is 1. The fourth-order valence-corrected chi connectivity index (χ4v) is 2.34. The molecule has 1 aromatic heterocycles. The normalized spacial score (nSPS) is 13.7. The monoisotopic (exact) mass is 272 g/mol. The Morgan fingerprint density at radius 3 is 2.50 bits per heavy atom. The summed E-state index contributed by atoms with van der Waals surface area (Å²) in [6.45, 7) is 10.7. The number of hydrogen-bond acceptors (Lipinski definition) is 2. The molecule has 0 spiro atoms. The third-order valence-corrected chi connectivity index (χ3v) is 4.24. The predicted molar refractivity (Wildman–Crippen MR) is 83.2 cm³/mol. The second kappa shape index (κ2) is 5.43. The molecule has 0 saturated carbocycles. The van der Waals surface area contributed by atoms with Crippen LogP contribution in [-0.4, -0.2) is 5.78 Å². The lowest BCUT2D eigenvalue weighted by atomic mass is 9.78. The second-order valence-corrected chi connectivity index (χ2v) is 6.64. The minimum Gasteiger partial charge on any atom is -0.460 e. The van der Waals surface area contributed by atoms with Crippen molar-refractivity contribution >= 4 is 16.8 Å². The van der Waals surface area contributed by atoms with Crippen LogP contribution in [-0.2, 0) is 6.42 Å². The molecule has 0 fully saturated rings. The van der Waals surface area contributed by atoms with E-state index in [1.165, 1.54) is 0 Å². The minimum atomic E-state index is 0.140. The van der Waals surface area contributed by atoms with E-state index in [9.17, 15) is 4.79 Å². The van der Waals surface area contributed by atoms with Gasteiger partial charge in [0.1, 0.15) is 11.3 Å².